The minimum Gasteiger partial charge on any atom is -0.368 e. The van der Waals surface area contributed by atoms with Crippen molar-refractivity contribution in [3.63, 3.8) is 0 Å². The maximum atomic E-state index is 12.2. The molecular formula is C17H25Cl2N5O. The van der Waals surface area contributed by atoms with E-state index in [-0.39, 0.29) is 24.4 Å². The number of halogens is 2. The van der Waals surface area contributed by atoms with E-state index in [1.807, 2.05) is 13.8 Å². The van der Waals surface area contributed by atoms with Gasteiger partial charge in [0.25, 0.3) is 0 Å². The number of nitrogens with two attached hydrogens (primary N) is 1. The van der Waals surface area contributed by atoms with Gasteiger partial charge < -0.3 is 20.9 Å². The average Bonchev–Trinajstić information content (AvgIpc) is 2.89. The van der Waals surface area contributed by atoms with Crippen LogP contribution in [0.15, 0.2) is 12.4 Å². The third-order valence-corrected chi connectivity index (χ3v) is 4.55. The first-order chi connectivity index (χ1) is 11.5. The molecule has 2 aromatic rings. The Morgan fingerprint density at radius 3 is 3.00 bits per heavy atom. The number of anilines is 2. The van der Waals surface area contributed by atoms with E-state index in [0.717, 1.165) is 42.7 Å². The zero-order chi connectivity index (χ0) is 17.3. The van der Waals surface area contributed by atoms with Gasteiger partial charge in [0.15, 0.2) is 0 Å². The van der Waals surface area contributed by atoms with Crippen LogP contribution in [0.25, 0.3) is 11.0 Å². The molecule has 0 aliphatic carbocycles. The Morgan fingerprint density at radius 2 is 2.32 bits per heavy atom. The van der Waals surface area contributed by atoms with E-state index in [1.165, 1.54) is 0 Å². The van der Waals surface area contributed by atoms with E-state index in [4.69, 9.17) is 17.3 Å². The predicted octanol–water partition coefficient (Wildman–Crippen LogP) is 3.55. The summed E-state index contributed by atoms with van der Waals surface area (Å²) in [6.45, 7) is 5.70. The Morgan fingerprint density at radius 1 is 1.56 bits per heavy atom. The summed E-state index contributed by atoms with van der Waals surface area (Å²) in [5.74, 6) is 0.295. The molecule has 6 nitrogen and oxygen atoms in total. The van der Waals surface area contributed by atoms with Crippen LogP contribution < -0.4 is 16.0 Å². The molecule has 8 heteroatoms. The Labute approximate surface area is 158 Å². The molecule has 0 saturated carbocycles. The number of carbonyl (C=O) groups is 1. The van der Waals surface area contributed by atoms with Gasteiger partial charge in [0, 0.05) is 31.7 Å². The van der Waals surface area contributed by atoms with Gasteiger partial charge in [-0.25, -0.2) is 4.98 Å². The second-order valence-electron chi connectivity index (χ2n) is 6.88. The van der Waals surface area contributed by atoms with Crippen LogP contribution in [0.3, 0.4) is 0 Å². The molecule has 1 aliphatic heterocycles. The lowest BCUT2D eigenvalue weighted by atomic mass is 10.1. The van der Waals surface area contributed by atoms with Crippen LogP contribution in [0.1, 0.15) is 33.1 Å². The first-order valence-electron chi connectivity index (χ1n) is 8.41. The molecule has 0 radical (unpaired) electrons. The highest BCUT2D eigenvalue weighted by molar-refractivity contribution is 6.35. The lowest BCUT2D eigenvalue weighted by Crippen LogP contribution is -2.43. The SMILES string of the molecule is CC(C)CC(=O)Nc1c[nH]c2ncc(Cl)c(N3CCC[C@@H](N)C3)c12.Cl. The number of hydrogen-bond donors (Lipinski definition) is 3. The number of amides is 1. The second-order valence-corrected chi connectivity index (χ2v) is 7.28. The van der Waals surface area contributed by atoms with Crippen LogP contribution in [0.5, 0.6) is 0 Å². The molecule has 1 aliphatic rings. The Kier molecular flexibility index (Phi) is 6.54. The summed E-state index contributed by atoms with van der Waals surface area (Å²) in [5, 5.41) is 4.42. The molecule has 3 rings (SSSR count). The molecule has 1 saturated heterocycles. The molecular weight excluding hydrogens is 361 g/mol. The summed E-state index contributed by atoms with van der Waals surface area (Å²) >= 11 is 6.46. The molecule has 0 bridgehead atoms. The zero-order valence-electron chi connectivity index (χ0n) is 14.5. The summed E-state index contributed by atoms with van der Waals surface area (Å²) in [7, 11) is 0. The highest BCUT2D eigenvalue weighted by atomic mass is 35.5. The van der Waals surface area contributed by atoms with Crippen molar-refractivity contribution in [1.82, 2.24) is 9.97 Å². The smallest absolute Gasteiger partial charge is 0.224 e. The first-order valence-corrected chi connectivity index (χ1v) is 8.79. The van der Waals surface area contributed by atoms with Crippen LogP contribution in [0.4, 0.5) is 11.4 Å². The third-order valence-electron chi connectivity index (χ3n) is 4.27. The molecule has 0 unspecified atom stereocenters. The van der Waals surface area contributed by atoms with E-state index >= 15 is 0 Å². The number of H-pyrrole nitrogens is 1. The predicted molar refractivity (Wildman–Crippen MR) is 106 cm³/mol. The van der Waals surface area contributed by atoms with Crippen LogP contribution in [0.2, 0.25) is 5.02 Å². The monoisotopic (exact) mass is 385 g/mol. The van der Waals surface area contributed by atoms with Gasteiger partial charge in [0.1, 0.15) is 5.65 Å². The number of hydrogen-bond acceptors (Lipinski definition) is 4. The molecule has 138 valence electrons. The standard InChI is InChI=1S/C17H24ClN5O.ClH/c1-10(2)6-14(24)22-13-8-21-17-15(13)16(12(18)7-20-17)23-5-3-4-11(19)9-23;/h7-8,10-11H,3-6,9,19H2,1-2H3,(H,20,21)(H,22,24);1H/t11-;/m1./s1. The topological polar surface area (TPSA) is 87.0 Å². The first kappa shape index (κ1) is 19.8. The van der Waals surface area contributed by atoms with E-state index in [2.05, 4.69) is 20.2 Å². The summed E-state index contributed by atoms with van der Waals surface area (Å²) in [4.78, 5) is 21.8. The quantitative estimate of drug-likeness (QED) is 0.750. The third kappa shape index (κ3) is 4.37. The number of fused-ring (bicyclic) bond motifs is 1. The van der Waals surface area contributed by atoms with Crippen molar-refractivity contribution in [2.24, 2.45) is 11.7 Å². The van der Waals surface area contributed by atoms with Gasteiger partial charge in [0.05, 0.1) is 28.0 Å². The van der Waals surface area contributed by atoms with Gasteiger partial charge in [-0.05, 0) is 18.8 Å². The molecule has 1 amide bonds. The van der Waals surface area contributed by atoms with Crippen LogP contribution >= 0.6 is 24.0 Å². The Balaban J connectivity index is 0.00000225. The summed E-state index contributed by atoms with van der Waals surface area (Å²) < 4.78 is 0. The van der Waals surface area contributed by atoms with Gasteiger partial charge in [-0.3, -0.25) is 4.79 Å². The average molecular weight is 386 g/mol. The molecule has 4 N–H and O–H groups in total. The van der Waals surface area contributed by atoms with Gasteiger partial charge in [-0.2, -0.15) is 0 Å². The van der Waals surface area contributed by atoms with E-state index in [0.29, 0.717) is 23.0 Å². The summed E-state index contributed by atoms with van der Waals surface area (Å²) in [6.07, 6.45) is 5.95. The van der Waals surface area contributed by atoms with Gasteiger partial charge in [-0.15, -0.1) is 12.4 Å². The molecule has 2 aromatic heterocycles. The van der Waals surface area contributed by atoms with E-state index < -0.39 is 0 Å². The fourth-order valence-corrected chi connectivity index (χ4v) is 3.51. The maximum Gasteiger partial charge on any atom is 0.224 e. The van der Waals surface area contributed by atoms with Crippen molar-refractivity contribution >= 4 is 52.3 Å². The number of carbonyl (C=O) groups excluding carboxylic acids is 1. The number of pyridine rings is 1. The van der Waals surface area contributed by atoms with Gasteiger partial charge >= 0.3 is 0 Å². The number of aromatic nitrogens is 2. The molecule has 25 heavy (non-hydrogen) atoms. The zero-order valence-corrected chi connectivity index (χ0v) is 16.1. The van der Waals surface area contributed by atoms with Crippen molar-refractivity contribution in [2.45, 2.75) is 39.2 Å². The number of piperidine rings is 1. The highest BCUT2D eigenvalue weighted by Crippen LogP contribution is 2.38. The molecule has 0 spiro atoms. The molecule has 1 atom stereocenters. The molecule has 3 heterocycles. The second kappa shape index (κ2) is 8.25. The van der Waals surface area contributed by atoms with Crippen molar-refractivity contribution in [2.75, 3.05) is 23.3 Å². The Hall–Kier alpha value is -1.50. The maximum absolute atomic E-state index is 12.2. The van der Waals surface area contributed by atoms with Crippen molar-refractivity contribution in [3.05, 3.63) is 17.4 Å². The van der Waals surface area contributed by atoms with Crippen LogP contribution in [0, 0.1) is 5.92 Å². The number of aromatic amines is 1. The fraction of sp³-hybridized carbons (Fsp3) is 0.529. The Bertz CT molecular complexity index is 746. The number of nitrogens with zero attached hydrogens (tertiary/aromatic N) is 2. The lowest BCUT2D eigenvalue weighted by molar-refractivity contribution is -0.116. The minimum absolute atomic E-state index is 0. The van der Waals surface area contributed by atoms with Crippen LogP contribution in [-0.4, -0.2) is 35.0 Å². The summed E-state index contributed by atoms with van der Waals surface area (Å²) in [5.41, 5.74) is 8.47. The van der Waals surface area contributed by atoms with Crippen LogP contribution in [-0.2, 0) is 4.79 Å². The van der Waals surface area contributed by atoms with Gasteiger partial charge in [-0.1, -0.05) is 25.4 Å². The minimum atomic E-state index is -0.00725. The highest BCUT2D eigenvalue weighted by Gasteiger charge is 2.24. The molecule has 1 fully saturated rings. The van der Waals surface area contributed by atoms with E-state index in [1.54, 1.807) is 12.4 Å². The van der Waals surface area contributed by atoms with Crippen molar-refractivity contribution < 1.29 is 4.79 Å². The van der Waals surface area contributed by atoms with Gasteiger partial charge in [0.2, 0.25) is 5.91 Å². The van der Waals surface area contributed by atoms with E-state index in [9.17, 15) is 4.79 Å². The van der Waals surface area contributed by atoms with Crippen molar-refractivity contribution in [1.29, 1.82) is 0 Å². The number of nitrogens with one attached hydrogen (secondary N) is 2. The molecule has 0 aromatic carbocycles. The lowest BCUT2D eigenvalue weighted by Gasteiger charge is -2.33. The summed E-state index contributed by atoms with van der Waals surface area (Å²) in [6, 6.07) is 0.135. The largest absolute Gasteiger partial charge is 0.368 e. The van der Waals surface area contributed by atoms with Crippen molar-refractivity contribution in [3.8, 4) is 0 Å². The fourth-order valence-electron chi connectivity index (χ4n) is 3.25. The normalized spacial score (nSPS) is 17.6. The number of rotatable bonds is 4.